The second-order valence-electron chi connectivity index (χ2n) is 5.01. The molecule has 6 nitrogen and oxygen atoms in total. The highest BCUT2D eigenvalue weighted by Crippen LogP contribution is 2.42. The van der Waals surface area contributed by atoms with Crippen molar-refractivity contribution < 1.29 is 28.8 Å². The molecule has 1 heterocycles. The lowest BCUT2D eigenvalue weighted by Gasteiger charge is -2.30. The molecule has 0 saturated carbocycles. The van der Waals surface area contributed by atoms with Gasteiger partial charge in [0.25, 0.3) is 0 Å². The molecule has 0 fully saturated rings. The van der Waals surface area contributed by atoms with E-state index < -0.39 is 6.29 Å². The van der Waals surface area contributed by atoms with Crippen molar-refractivity contribution in [1.29, 1.82) is 0 Å². The summed E-state index contributed by atoms with van der Waals surface area (Å²) in [6.07, 6.45) is -0.397. The van der Waals surface area contributed by atoms with Crippen molar-refractivity contribution in [1.82, 2.24) is 0 Å². The number of aliphatic hydroxyl groups is 1. The highest BCUT2D eigenvalue weighted by atomic mass is 16.7. The summed E-state index contributed by atoms with van der Waals surface area (Å²) in [5.41, 5.74) is 2.37. The summed E-state index contributed by atoms with van der Waals surface area (Å²) in [6.45, 7) is 4.01. The second-order valence-corrected chi connectivity index (χ2v) is 5.01. The Balaban J connectivity index is 2.45. The minimum absolute atomic E-state index is 0.0687. The van der Waals surface area contributed by atoms with Gasteiger partial charge < -0.3 is 28.8 Å². The van der Waals surface area contributed by atoms with Crippen molar-refractivity contribution in [3.63, 3.8) is 0 Å². The Morgan fingerprint density at radius 1 is 1.24 bits per heavy atom. The molecule has 0 amide bonds. The van der Waals surface area contributed by atoms with Gasteiger partial charge in [0, 0.05) is 19.8 Å². The van der Waals surface area contributed by atoms with Crippen LogP contribution < -0.4 is 9.47 Å². The summed E-state index contributed by atoms with van der Waals surface area (Å²) >= 11 is 0. The van der Waals surface area contributed by atoms with Gasteiger partial charge in [-0.05, 0) is 31.9 Å². The molecule has 2 atom stereocenters. The van der Waals surface area contributed by atoms with Gasteiger partial charge in [-0.3, -0.25) is 0 Å². The van der Waals surface area contributed by atoms with Crippen LogP contribution in [0.5, 0.6) is 11.5 Å². The first-order valence-electron chi connectivity index (χ1n) is 6.81. The van der Waals surface area contributed by atoms with Gasteiger partial charge in [-0.1, -0.05) is 0 Å². The third-order valence-corrected chi connectivity index (χ3v) is 3.38. The van der Waals surface area contributed by atoms with Gasteiger partial charge in [0.1, 0.15) is 11.5 Å². The third-order valence-electron chi connectivity index (χ3n) is 3.38. The van der Waals surface area contributed by atoms with E-state index >= 15 is 0 Å². The van der Waals surface area contributed by atoms with Crippen LogP contribution >= 0.6 is 0 Å². The maximum absolute atomic E-state index is 10.2. The molecular formula is C15H22O6. The molecule has 1 aliphatic rings. The average molecular weight is 298 g/mol. The molecule has 0 spiro atoms. The molecule has 0 radical (unpaired) electrons. The number of aliphatic hydroxyl groups excluding tert-OH is 1. The van der Waals surface area contributed by atoms with Crippen LogP contribution in [0.1, 0.15) is 29.9 Å². The van der Waals surface area contributed by atoms with Crippen molar-refractivity contribution in [2.75, 3.05) is 27.8 Å². The molecule has 0 aliphatic carbocycles. The van der Waals surface area contributed by atoms with Crippen molar-refractivity contribution in [2.45, 2.75) is 32.7 Å². The predicted molar refractivity (Wildman–Crippen MR) is 75.4 cm³/mol. The number of rotatable bonds is 6. The molecule has 1 aromatic rings. The van der Waals surface area contributed by atoms with E-state index in [1.165, 1.54) is 0 Å². The maximum Gasteiger partial charge on any atom is 0.188 e. The molecule has 2 rings (SSSR count). The largest absolute Gasteiger partial charge is 0.467 e. The van der Waals surface area contributed by atoms with E-state index in [1.807, 2.05) is 19.9 Å². The molecule has 0 bridgehead atoms. The number of methoxy groups -OCH3 is 2. The number of benzene rings is 1. The lowest BCUT2D eigenvalue weighted by Crippen LogP contribution is -2.25. The molecule has 2 unspecified atom stereocenters. The fourth-order valence-corrected chi connectivity index (χ4v) is 2.47. The van der Waals surface area contributed by atoms with E-state index in [1.54, 1.807) is 14.2 Å². The van der Waals surface area contributed by atoms with Crippen LogP contribution in [0.2, 0.25) is 0 Å². The van der Waals surface area contributed by atoms with E-state index in [0.29, 0.717) is 23.5 Å². The summed E-state index contributed by atoms with van der Waals surface area (Å²) in [7, 11) is 3.11. The first kappa shape index (κ1) is 16.0. The molecule has 1 N–H and O–H groups in total. The Bertz CT molecular complexity index is 488. The zero-order valence-electron chi connectivity index (χ0n) is 12.8. The van der Waals surface area contributed by atoms with Gasteiger partial charge in [-0.25, -0.2) is 0 Å². The topological polar surface area (TPSA) is 66.4 Å². The van der Waals surface area contributed by atoms with Gasteiger partial charge in [0.05, 0.1) is 11.7 Å². The van der Waals surface area contributed by atoms with Gasteiger partial charge in [-0.15, -0.1) is 0 Å². The zero-order chi connectivity index (χ0) is 15.4. The van der Waals surface area contributed by atoms with Gasteiger partial charge in [-0.2, -0.15) is 0 Å². The molecule has 21 heavy (non-hydrogen) atoms. The molecule has 1 aliphatic heterocycles. The van der Waals surface area contributed by atoms with Crippen LogP contribution in [0, 0.1) is 6.92 Å². The zero-order valence-corrected chi connectivity index (χ0v) is 12.8. The minimum Gasteiger partial charge on any atom is -0.467 e. The summed E-state index contributed by atoms with van der Waals surface area (Å²) in [6, 6.07) is 1.91. The van der Waals surface area contributed by atoms with Crippen molar-refractivity contribution in [3.8, 4) is 11.5 Å². The lowest BCUT2D eigenvalue weighted by molar-refractivity contribution is -0.144. The highest BCUT2D eigenvalue weighted by Gasteiger charge is 2.30. The Hall–Kier alpha value is -1.34. The Labute approximate surface area is 124 Å². The fourth-order valence-electron chi connectivity index (χ4n) is 2.47. The first-order valence-corrected chi connectivity index (χ1v) is 6.81. The Kier molecular flexibility index (Phi) is 5.41. The van der Waals surface area contributed by atoms with Crippen LogP contribution in [0.15, 0.2) is 6.07 Å². The number of hydrogen-bond acceptors (Lipinski definition) is 6. The van der Waals surface area contributed by atoms with Crippen molar-refractivity contribution in [3.05, 3.63) is 22.8 Å². The molecule has 0 aromatic heterocycles. The van der Waals surface area contributed by atoms with E-state index in [0.717, 1.165) is 11.1 Å². The van der Waals surface area contributed by atoms with Crippen LogP contribution in [-0.4, -0.2) is 39.0 Å². The third kappa shape index (κ3) is 3.47. The minimum atomic E-state index is -1.01. The first-order chi connectivity index (χ1) is 10.1. The van der Waals surface area contributed by atoms with E-state index in [-0.39, 0.29) is 19.7 Å². The highest BCUT2D eigenvalue weighted by molar-refractivity contribution is 5.55. The summed E-state index contributed by atoms with van der Waals surface area (Å²) < 4.78 is 26.6. The number of fused-ring (bicyclic) bond motifs is 1. The number of hydrogen-bond donors (Lipinski definition) is 1. The van der Waals surface area contributed by atoms with Crippen LogP contribution in [0.3, 0.4) is 0 Å². The Morgan fingerprint density at radius 2 is 1.90 bits per heavy atom. The maximum atomic E-state index is 10.2. The van der Waals surface area contributed by atoms with Gasteiger partial charge >= 0.3 is 0 Å². The molecule has 1 aromatic carbocycles. The average Bonchev–Trinajstić information content (AvgIpc) is 2.44. The monoisotopic (exact) mass is 298 g/mol. The van der Waals surface area contributed by atoms with Crippen molar-refractivity contribution >= 4 is 0 Å². The van der Waals surface area contributed by atoms with Crippen LogP contribution in [-0.2, 0) is 20.6 Å². The predicted octanol–water partition coefficient (Wildman–Crippen LogP) is 1.91. The van der Waals surface area contributed by atoms with Crippen LogP contribution in [0.4, 0.5) is 0 Å². The molecule has 6 heteroatoms. The van der Waals surface area contributed by atoms with Crippen molar-refractivity contribution in [2.24, 2.45) is 0 Å². The van der Waals surface area contributed by atoms with Gasteiger partial charge in [0.15, 0.2) is 19.9 Å². The van der Waals surface area contributed by atoms with Gasteiger partial charge in [0.2, 0.25) is 0 Å². The fraction of sp³-hybridized carbons (Fsp3) is 0.600. The second kappa shape index (κ2) is 7.09. The summed E-state index contributed by atoms with van der Waals surface area (Å²) in [4.78, 5) is 0. The quantitative estimate of drug-likeness (QED) is 0.809. The van der Waals surface area contributed by atoms with E-state index in [4.69, 9.17) is 23.7 Å². The SMILES string of the molecule is COCOc1cc2c(c(OCOC)c1C)C(O)OC(C)C2. The number of ether oxygens (including phenoxy) is 5. The van der Waals surface area contributed by atoms with Crippen LogP contribution in [0.25, 0.3) is 0 Å². The molecular weight excluding hydrogens is 276 g/mol. The molecule has 0 saturated heterocycles. The normalized spacial score (nSPS) is 21.0. The summed E-state index contributed by atoms with van der Waals surface area (Å²) in [5.74, 6) is 1.21. The smallest absolute Gasteiger partial charge is 0.188 e. The van der Waals surface area contributed by atoms with E-state index in [9.17, 15) is 5.11 Å². The lowest BCUT2D eigenvalue weighted by atomic mass is 9.94. The standard InChI is InChI=1S/C15H22O6/c1-9-5-11-6-12(19-7-17-3)10(2)14(20-8-18-4)13(11)15(16)21-9/h6,9,15-16H,5,7-8H2,1-4H3. The van der Waals surface area contributed by atoms with E-state index in [2.05, 4.69) is 0 Å². The summed E-state index contributed by atoms with van der Waals surface area (Å²) in [5, 5.41) is 10.2. The Morgan fingerprint density at radius 3 is 2.57 bits per heavy atom. The molecule has 118 valence electrons.